The summed E-state index contributed by atoms with van der Waals surface area (Å²) in [5, 5.41) is 8.64. The predicted molar refractivity (Wildman–Crippen MR) is 54.5 cm³/mol. The van der Waals surface area contributed by atoms with Gasteiger partial charge in [0.25, 0.3) is 0 Å². The highest BCUT2D eigenvalue weighted by atomic mass is 16.1. The zero-order chi connectivity index (χ0) is 11.3. The molecule has 5 nitrogen and oxygen atoms in total. The van der Waals surface area contributed by atoms with Crippen molar-refractivity contribution in [1.29, 1.82) is 5.26 Å². The number of nitriles is 1. The summed E-state index contributed by atoms with van der Waals surface area (Å²) in [5.74, 6) is -0.368. The van der Waals surface area contributed by atoms with Crippen molar-refractivity contribution in [2.75, 3.05) is 13.6 Å². The number of rotatable bonds is 4. The molecule has 1 aromatic heterocycles. The van der Waals surface area contributed by atoms with E-state index in [1.165, 1.54) is 0 Å². The van der Waals surface area contributed by atoms with Crippen molar-refractivity contribution in [3.8, 4) is 6.07 Å². The van der Waals surface area contributed by atoms with Gasteiger partial charge in [-0.05, 0) is 24.7 Å². The van der Waals surface area contributed by atoms with Gasteiger partial charge in [-0.2, -0.15) is 5.26 Å². The third-order valence-corrected chi connectivity index (χ3v) is 1.82. The summed E-state index contributed by atoms with van der Waals surface area (Å²) >= 11 is 0. The lowest BCUT2D eigenvalue weighted by Crippen LogP contribution is -2.30. The van der Waals surface area contributed by atoms with E-state index >= 15 is 0 Å². The van der Waals surface area contributed by atoms with E-state index in [4.69, 9.17) is 11.0 Å². The van der Waals surface area contributed by atoms with Gasteiger partial charge in [-0.1, -0.05) is 0 Å². The quantitative estimate of drug-likeness (QED) is 0.740. The van der Waals surface area contributed by atoms with E-state index in [9.17, 15) is 4.79 Å². The average Bonchev–Trinajstić information content (AvgIpc) is 2.16. The lowest BCUT2D eigenvalue weighted by molar-refractivity contribution is -0.118. The summed E-state index contributed by atoms with van der Waals surface area (Å²) in [4.78, 5) is 16.3. The Labute approximate surface area is 88.1 Å². The van der Waals surface area contributed by atoms with Gasteiger partial charge in [-0.15, -0.1) is 0 Å². The first kappa shape index (κ1) is 11.1. The Morgan fingerprint density at radius 1 is 1.73 bits per heavy atom. The lowest BCUT2D eigenvalue weighted by atomic mass is 10.2. The number of pyridine rings is 1. The first-order valence-electron chi connectivity index (χ1n) is 4.43. The van der Waals surface area contributed by atoms with E-state index < -0.39 is 0 Å². The molecule has 0 saturated heterocycles. The van der Waals surface area contributed by atoms with Gasteiger partial charge in [-0.3, -0.25) is 9.69 Å². The molecule has 0 bridgehead atoms. The molecule has 0 aromatic carbocycles. The minimum absolute atomic E-state index is 0.199. The number of primary amides is 1. The van der Waals surface area contributed by atoms with Crippen LogP contribution in [-0.4, -0.2) is 29.4 Å². The average molecular weight is 204 g/mol. The fourth-order valence-corrected chi connectivity index (χ4v) is 1.27. The SMILES string of the molecule is CN(CC(N)=O)Cc1ccnc(C#N)c1. The van der Waals surface area contributed by atoms with Crippen LogP contribution in [0.3, 0.4) is 0 Å². The first-order chi connectivity index (χ1) is 7.11. The second-order valence-electron chi connectivity index (χ2n) is 3.30. The third-order valence-electron chi connectivity index (χ3n) is 1.82. The van der Waals surface area contributed by atoms with E-state index in [-0.39, 0.29) is 12.5 Å². The molecule has 15 heavy (non-hydrogen) atoms. The Morgan fingerprint density at radius 2 is 2.47 bits per heavy atom. The van der Waals surface area contributed by atoms with Crippen molar-refractivity contribution >= 4 is 5.91 Å². The Morgan fingerprint density at radius 3 is 3.07 bits per heavy atom. The monoisotopic (exact) mass is 204 g/mol. The van der Waals surface area contributed by atoms with Crippen LogP contribution in [0.15, 0.2) is 18.3 Å². The fourth-order valence-electron chi connectivity index (χ4n) is 1.27. The number of nitrogens with zero attached hydrogens (tertiary/aromatic N) is 3. The number of amides is 1. The smallest absolute Gasteiger partial charge is 0.231 e. The Kier molecular flexibility index (Phi) is 3.77. The van der Waals surface area contributed by atoms with Gasteiger partial charge >= 0.3 is 0 Å². The number of aromatic nitrogens is 1. The second kappa shape index (κ2) is 5.08. The van der Waals surface area contributed by atoms with Crippen molar-refractivity contribution in [3.63, 3.8) is 0 Å². The Balaban J connectivity index is 2.64. The number of hydrogen-bond acceptors (Lipinski definition) is 4. The van der Waals surface area contributed by atoms with Crippen LogP contribution in [0.5, 0.6) is 0 Å². The van der Waals surface area contributed by atoms with Gasteiger partial charge in [0.1, 0.15) is 11.8 Å². The summed E-state index contributed by atoms with van der Waals surface area (Å²) in [7, 11) is 1.79. The minimum Gasteiger partial charge on any atom is -0.369 e. The molecule has 0 fully saturated rings. The topological polar surface area (TPSA) is 83.0 Å². The molecule has 0 unspecified atom stereocenters. The standard InChI is InChI=1S/C10H12N4O/c1-14(7-10(12)15)6-8-2-3-13-9(4-8)5-11/h2-4H,6-7H2,1H3,(H2,12,15). The summed E-state index contributed by atoms with van der Waals surface area (Å²) in [6, 6.07) is 5.46. The largest absolute Gasteiger partial charge is 0.369 e. The van der Waals surface area contributed by atoms with Crippen LogP contribution in [0.1, 0.15) is 11.3 Å². The predicted octanol–water partition coefficient (Wildman–Crippen LogP) is -0.130. The van der Waals surface area contributed by atoms with Crippen LogP contribution in [-0.2, 0) is 11.3 Å². The first-order valence-corrected chi connectivity index (χ1v) is 4.43. The molecule has 0 radical (unpaired) electrons. The molecule has 1 aromatic rings. The van der Waals surface area contributed by atoms with Gasteiger partial charge in [-0.25, -0.2) is 4.98 Å². The van der Waals surface area contributed by atoms with Gasteiger partial charge in [0.15, 0.2) is 0 Å². The highest BCUT2D eigenvalue weighted by molar-refractivity contribution is 5.75. The van der Waals surface area contributed by atoms with Crippen LogP contribution < -0.4 is 5.73 Å². The summed E-state index contributed by atoms with van der Waals surface area (Å²) < 4.78 is 0. The maximum atomic E-state index is 10.6. The van der Waals surface area contributed by atoms with Gasteiger partial charge < -0.3 is 5.73 Å². The van der Waals surface area contributed by atoms with Crippen molar-refractivity contribution in [1.82, 2.24) is 9.88 Å². The number of likely N-dealkylation sites (N-methyl/N-ethyl adjacent to an activating group) is 1. The molecular weight excluding hydrogens is 192 g/mol. The Bertz CT molecular complexity index is 397. The normalized spacial score (nSPS) is 9.93. The van der Waals surface area contributed by atoms with E-state index in [1.807, 2.05) is 6.07 Å². The Hall–Kier alpha value is -1.93. The molecule has 0 saturated carbocycles. The van der Waals surface area contributed by atoms with E-state index in [2.05, 4.69) is 4.98 Å². The zero-order valence-electron chi connectivity index (χ0n) is 8.47. The van der Waals surface area contributed by atoms with Crippen molar-refractivity contribution in [3.05, 3.63) is 29.6 Å². The van der Waals surface area contributed by atoms with Crippen LogP contribution in [0.4, 0.5) is 0 Å². The van der Waals surface area contributed by atoms with Crippen molar-refractivity contribution in [2.24, 2.45) is 5.73 Å². The van der Waals surface area contributed by atoms with Crippen molar-refractivity contribution in [2.45, 2.75) is 6.54 Å². The van der Waals surface area contributed by atoms with Crippen LogP contribution >= 0.6 is 0 Å². The van der Waals surface area contributed by atoms with E-state index in [0.29, 0.717) is 12.2 Å². The van der Waals surface area contributed by atoms with Crippen LogP contribution in [0, 0.1) is 11.3 Å². The molecule has 0 atom stereocenters. The van der Waals surface area contributed by atoms with E-state index in [0.717, 1.165) is 5.56 Å². The molecule has 0 aliphatic heterocycles. The fraction of sp³-hybridized carbons (Fsp3) is 0.300. The summed E-state index contributed by atoms with van der Waals surface area (Å²) in [5.41, 5.74) is 6.37. The number of carbonyl (C=O) groups excluding carboxylic acids is 1. The molecule has 0 aliphatic carbocycles. The molecule has 1 rings (SSSR count). The van der Waals surface area contributed by atoms with Gasteiger partial charge in [0, 0.05) is 12.7 Å². The molecule has 78 valence electrons. The third kappa shape index (κ3) is 3.75. The molecular formula is C10H12N4O. The maximum Gasteiger partial charge on any atom is 0.231 e. The maximum absolute atomic E-state index is 10.6. The zero-order valence-corrected chi connectivity index (χ0v) is 8.47. The lowest BCUT2D eigenvalue weighted by Gasteiger charge is -2.13. The minimum atomic E-state index is -0.368. The number of nitrogens with two attached hydrogens (primary N) is 1. The van der Waals surface area contributed by atoms with Gasteiger partial charge in [0.05, 0.1) is 6.54 Å². The van der Waals surface area contributed by atoms with Gasteiger partial charge in [0.2, 0.25) is 5.91 Å². The molecule has 0 aliphatic rings. The molecule has 5 heteroatoms. The second-order valence-corrected chi connectivity index (χ2v) is 3.30. The summed E-state index contributed by atoms with van der Waals surface area (Å²) in [6.45, 7) is 0.768. The molecule has 2 N–H and O–H groups in total. The van der Waals surface area contributed by atoms with Crippen LogP contribution in [0.2, 0.25) is 0 Å². The highest BCUT2D eigenvalue weighted by Gasteiger charge is 2.04. The van der Waals surface area contributed by atoms with Crippen molar-refractivity contribution < 1.29 is 4.79 Å². The molecule has 1 heterocycles. The molecule has 0 spiro atoms. The summed E-state index contributed by atoms with van der Waals surface area (Å²) in [6.07, 6.45) is 1.58. The van der Waals surface area contributed by atoms with E-state index in [1.54, 1.807) is 30.3 Å². The highest BCUT2D eigenvalue weighted by Crippen LogP contribution is 2.03. The number of carbonyl (C=O) groups is 1. The number of hydrogen-bond donors (Lipinski definition) is 1. The van der Waals surface area contributed by atoms with Crippen LogP contribution in [0.25, 0.3) is 0 Å². The molecule has 1 amide bonds.